The van der Waals surface area contributed by atoms with E-state index in [4.69, 9.17) is 4.42 Å². The molecule has 168 valence electrons. The van der Waals surface area contributed by atoms with Gasteiger partial charge in [0.1, 0.15) is 11.6 Å². The van der Waals surface area contributed by atoms with Gasteiger partial charge in [-0.25, -0.2) is 0 Å². The van der Waals surface area contributed by atoms with Gasteiger partial charge in [0.05, 0.1) is 18.4 Å². The number of aromatic nitrogens is 3. The number of nitrogens with zero attached hydrogens (tertiary/aromatic N) is 5. The van der Waals surface area contributed by atoms with Crippen LogP contribution in [0.2, 0.25) is 0 Å². The first-order chi connectivity index (χ1) is 16.2. The van der Waals surface area contributed by atoms with E-state index in [9.17, 15) is 4.79 Å². The maximum Gasteiger partial charge on any atom is 0.257 e. The zero-order chi connectivity index (χ0) is 22.4. The molecule has 1 fully saturated rings. The van der Waals surface area contributed by atoms with Crippen LogP contribution in [0.25, 0.3) is 5.65 Å². The van der Waals surface area contributed by atoms with Gasteiger partial charge in [-0.1, -0.05) is 24.3 Å². The van der Waals surface area contributed by atoms with Gasteiger partial charge in [0.15, 0.2) is 5.65 Å². The molecule has 7 nitrogen and oxygen atoms in total. The van der Waals surface area contributed by atoms with Crippen LogP contribution in [0, 0.1) is 0 Å². The summed E-state index contributed by atoms with van der Waals surface area (Å²) in [7, 11) is 0. The number of hydrogen-bond donors (Lipinski definition) is 0. The normalized spacial score (nSPS) is 18.8. The van der Waals surface area contributed by atoms with Crippen molar-refractivity contribution in [3.8, 4) is 0 Å². The van der Waals surface area contributed by atoms with Crippen LogP contribution in [-0.2, 0) is 13.0 Å². The SMILES string of the molecule is CC1Cc2ccccc2N1Cc1occc1C(=O)N1CCC(c2nnc3ccccn23)CC1. The van der Waals surface area contributed by atoms with Crippen molar-refractivity contribution in [2.24, 2.45) is 0 Å². The average Bonchev–Trinajstić information content (AvgIpc) is 3.57. The van der Waals surface area contributed by atoms with Gasteiger partial charge in [-0.15, -0.1) is 10.2 Å². The number of rotatable bonds is 4. The summed E-state index contributed by atoms with van der Waals surface area (Å²) < 4.78 is 7.88. The molecule has 0 bridgehead atoms. The summed E-state index contributed by atoms with van der Waals surface area (Å²) in [5, 5.41) is 8.71. The number of pyridine rings is 1. The minimum atomic E-state index is 0.0587. The first-order valence-electron chi connectivity index (χ1n) is 11.7. The number of carbonyl (C=O) groups is 1. The molecule has 0 radical (unpaired) electrons. The molecule has 6 rings (SSSR count). The fourth-order valence-electron chi connectivity index (χ4n) is 5.33. The fourth-order valence-corrected chi connectivity index (χ4v) is 5.33. The van der Waals surface area contributed by atoms with Crippen LogP contribution in [0.4, 0.5) is 5.69 Å². The largest absolute Gasteiger partial charge is 0.467 e. The van der Waals surface area contributed by atoms with E-state index in [0.717, 1.165) is 36.5 Å². The maximum absolute atomic E-state index is 13.4. The lowest BCUT2D eigenvalue weighted by Crippen LogP contribution is -2.39. The monoisotopic (exact) mass is 441 g/mol. The van der Waals surface area contributed by atoms with Gasteiger partial charge in [-0.3, -0.25) is 9.20 Å². The minimum Gasteiger partial charge on any atom is -0.467 e. The molecule has 1 amide bonds. The summed E-state index contributed by atoms with van der Waals surface area (Å²) in [5.74, 6) is 2.10. The summed E-state index contributed by atoms with van der Waals surface area (Å²) >= 11 is 0. The van der Waals surface area contributed by atoms with Crippen LogP contribution in [0.15, 0.2) is 65.4 Å². The van der Waals surface area contributed by atoms with E-state index in [2.05, 4.69) is 50.7 Å². The number of para-hydroxylation sites is 1. The molecular weight excluding hydrogens is 414 g/mol. The molecule has 7 heteroatoms. The van der Waals surface area contributed by atoms with E-state index in [1.807, 2.05) is 35.4 Å². The molecule has 0 aliphatic carbocycles. The Bertz CT molecular complexity index is 1300. The summed E-state index contributed by atoms with van der Waals surface area (Å²) in [5.41, 5.74) is 4.14. The highest BCUT2D eigenvalue weighted by Crippen LogP contribution is 2.34. The zero-order valence-corrected chi connectivity index (χ0v) is 18.7. The van der Waals surface area contributed by atoms with E-state index in [-0.39, 0.29) is 5.91 Å². The fraction of sp³-hybridized carbons (Fsp3) is 0.346. The van der Waals surface area contributed by atoms with Crippen molar-refractivity contribution < 1.29 is 9.21 Å². The Morgan fingerprint density at radius 3 is 2.76 bits per heavy atom. The number of likely N-dealkylation sites (tertiary alicyclic amines) is 1. The highest BCUT2D eigenvalue weighted by molar-refractivity contribution is 5.95. The van der Waals surface area contributed by atoms with Crippen LogP contribution < -0.4 is 4.90 Å². The van der Waals surface area contributed by atoms with E-state index < -0.39 is 0 Å². The lowest BCUT2D eigenvalue weighted by Gasteiger charge is -2.31. The van der Waals surface area contributed by atoms with Gasteiger partial charge < -0.3 is 14.2 Å². The second-order valence-electron chi connectivity index (χ2n) is 9.12. The molecule has 33 heavy (non-hydrogen) atoms. The lowest BCUT2D eigenvalue weighted by atomic mass is 9.95. The van der Waals surface area contributed by atoms with Crippen molar-refractivity contribution in [3.63, 3.8) is 0 Å². The number of carbonyl (C=O) groups excluding carboxylic acids is 1. The summed E-state index contributed by atoms with van der Waals surface area (Å²) in [4.78, 5) is 17.7. The number of piperidine rings is 1. The van der Waals surface area contributed by atoms with E-state index in [0.29, 0.717) is 37.2 Å². The quantitative estimate of drug-likeness (QED) is 0.473. The molecule has 1 aromatic carbocycles. The van der Waals surface area contributed by atoms with Crippen LogP contribution >= 0.6 is 0 Å². The zero-order valence-electron chi connectivity index (χ0n) is 18.7. The number of amides is 1. The van der Waals surface area contributed by atoms with Crippen molar-refractivity contribution >= 4 is 17.2 Å². The second-order valence-corrected chi connectivity index (χ2v) is 9.12. The van der Waals surface area contributed by atoms with Gasteiger partial charge in [0.2, 0.25) is 0 Å². The van der Waals surface area contributed by atoms with Gasteiger partial charge in [0.25, 0.3) is 5.91 Å². The molecule has 1 saturated heterocycles. The molecular formula is C26H27N5O2. The second kappa shape index (κ2) is 8.06. The number of furan rings is 1. The number of fused-ring (bicyclic) bond motifs is 2. The van der Waals surface area contributed by atoms with Crippen molar-refractivity contribution in [1.82, 2.24) is 19.5 Å². The van der Waals surface area contributed by atoms with Gasteiger partial charge in [-0.2, -0.15) is 0 Å². The van der Waals surface area contributed by atoms with E-state index in [1.165, 1.54) is 11.3 Å². The van der Waals surface area contributed by atoms with Crippen molar-refractivity contribution in [3.05, 3.63) is 83.7 Å². The molecule has 0 saturated carbocycles. The van der Waals surface area contributed by atoms with Crippen LogP contribution in [-0.4, -0.2) is 44.5 Å². The molecule has 0 spiro atoms. The third-order valence-corrected chi connectivity index (χ3v) is 7.13. The molecule has 5 heterocycles. The third-order valence-electron chi connectivity index (χ3n) is 7.13. The van der Waals surface area contributed by atoms with Crippen LogP contribution in [0.5, 0.6) is 0 Å². The third kappa shape index (κ3) is 3.48. The first-order valence-corrected chi connectivity index (χ1v) is 11.7. The number of anilines is 1. The minimum absolute atomic E-state index is 0.0587. The topological polar surface area (TPSA) is 66.9 Å². The number of benzene rings is 1. The number of hydrogen-bond acceptors (Lipinski definition) is 5. The smallest absolute Gasteiger partial charge is 0.257 e. The van der Waals surface area contributed by atoms with Gasteiger partial charge in [-0.05, 0) is 56.0 Å². The lowest BCUT2D eigenvalue weighted by molar-refractivity contribution is 0.0708. The molecule has 0 N–H and O–H groups in total. The molecule has 2 aliphatic rings. The summed E-state index contributed by atoms with van der Waals surface area (Å²) in [6.45, 7) is 4.25. The first kappa shape index (κ1) is 20.0. The van der Waals surface area contributed by atoms with Crippen molar-refractivity contribution in [2.45, 2.75) is 44.7 Å². The van der Waals surface area contributed by atoms with Crippen LogP contribution in [0.3, 0.4) is 0 Å². The Balaban J connectivity index is 1.16. The predicted molar refractivity (Wildman–Crippen MR) is 125 cm³/mol. The average molecular weight is 442 g/mol. The highest BCUT2D eigenvalue weighted by Gasteiger charge is 2.31. The molecule has 1 unspecified atom stereocenters. The van der Waals surface area contributed by atoms with Crippen LogP contribution in [0.1, 0.15) is 53.2 Å². The van der Waals surface area contributed by atoms with E-state index >= 15 is 0 Å². The Labute approximate surface area is 192 Å². The summed E-state index contributed by atoms with van der Waals surface area (Å²) in [6, 6.07) is 16.6. The Morgan fingerprint density at radius 1 is 1.06 bits per heavy atom. The highest BCUT2D eigenvalue weighted by atomic mass is 16.3. The van der Waals surface area contributed by atoms with E-state index in [1.54, 1.807) is 6.26 Å². The van der Waals surface area contributed by atoms with Gasteiger partial charge in [0, 0.05) is 36.9 Å². The van der Waals surface area contributed by atoms with Crippen molar-refractivity contribution in [1.29, 1.82) is 0 Å². The molecule has 3 aromatic heterocycles. The molecule has 2 aliphatic heterocycles. The molecule has 1 atom stereocenters. The Kier molecular flexibility index (Phi) is 4.89. The Hall–Kier alpha value is -3.61. The van der Waals surface area contributed by atoms with Gasteiger partial charge >= 0.3 is 0 Å². The standard InChI is InChI=1S/C26H27N5O2/c1-18-16-20-6-2-3-7-22(20)31(18)17-23-21(11-15-33-23)26(32)29-13-9-19(10-14-29)25-28-27-24-8-4-5-12-30(24)25/h2-8,11-12,15,18-19H,9-10,13-14,16-17H2,1H3. The Morgan fingerprint density at radius 2 is 1.88 bits per heavy atom. The van der Waals surface area contributed by atoms with Crippen molar-refractivity contribution in [2.75, 3.05) is 18.0 Å². The summed E-state index contributed by atoms with van der Waals surface area (Å²) in [6.07, 6.45) is 6.43. The molecule has 4 aromatic rings. The maximum atomic E-state index is 13.4. The predicted octanol–water partition coefficient (Wildman–Crippen LogP) is 4.29.